The third-order valence-corrected chi connectivity index (χ3v) is 8.93. The van der Waals surface area contributed by atoms with Crippen molar-refractivity contribution in [2.45, 2.75) is 36.7 Å². The number of halogens is 5. The first-order chi connectivity index (χ1) is 24.4. The Morgan fingerprint density at radius 1 is 0.804 bits per heavy atom. The summed E-state index contributed by atoms with van der Waals surface area (Å²) < 4.78 is 76.3. The van der Waals surface area contributed by atoms with Gasteiger partial charge >= 0.3 is 6.18 Å². The fourth-order valence-corrected chi connectivity index (χ4v) is 6.30. The van der Waals surface area contributed by atoms with E-state index in [2.05, 4.69) is 22.1 Å². The predicted molar refractivity (Wildman–Crippen MR) is 187 cm³/mol. The summed E-state index contributed by atoms with van der Waals surface area (Å²) in [5.74, 6) is 6.31. The molecule has 0 radical (unpaired) electrons. The lowest BCUT2D eigenvalue weighted by Gasteiger charge is -2.42. The molecule has 5 aromatic rings. The van der Waals surface area contributed by atoms with Gasteiger partial charge in [-0.2, -0.15) is 13.2 Å². The number of alkyl halides is 3. The molecule has 51 heavy (non-hydrogen) atoms. The minimum atomic E-state index is -4.81. The van der Waals surface area contributed by atoms with Crippen LogP contribution >= 0.6 is 11.6 Å². The van der Waals surface area contributed by atoms with Gasteiger partial charge in [0.1, 0.15) is 28.0 Å². The SMILES string of the molecule is COc1ccc(C(NC2=N[C@](C)(c3cc(C#Cc4ccnc(Cl)c4)ccc3F)C[C@@H](C(F)(F)F)O2)(c2ccccc2)c2ccc(OC)cc2)cc1. The number of aromatic nitrogens is 1. The highest BCUT2D eigenvalue weighted by Crippen LogP contribution is 2.44. The molecule has 2 atom stereocenters. The minimum Gasteiger partial charge on any atom is -0.497 e. The van der Waals surface area contributed by atoms with Gasteiger partial charge < -0.3 is 19.5 Å². The Labute approximate surface area is 298 Å². The first-order valence-electron chi connectivity index (χ1n) is 15.8. The van der Waals surface area contributed by atoms with E-state index in [0.717, 1.165) is 0 Å². The average Bonchev–Trinajstić information content (AvgIpc) is 3.13. The maximum absolute atomic E-state index is 15.7. The average molecular weight is 714 g/mol. The zero-order valence-corrected chi connectivity index (χ0v) is 28.5. The van der Waals surface area contributed by atoms with Gasteiger partial charge in [-0.05, 0) is 78.2 Å². The van der Waals surface area contributed by atoms with Crippen LogP contribution in [0.2, 0.25) is 5.15 Å². The number of methoxy groups -OCH3 is 2. The quantitative estimate of drug-likeness (QED) is 0.0791. The number of pyridine rings is 1. The molecule has 0 spiro atoms. The summed E-state index contributed by atoms with van der Waals surface area (Å²) in [5, 5.41) is 3.53. The maximum Gasteiger partial charge on any atom is 0.425 e. The van der Waals surface area contributed by atoms with E-state index in [0.29, 0.717) is 39.3 Å². The van der Waals surface area contributed by atoms with Crippen molar-refractivity contribution in [2.75, 3.05) is 14.2 Å². The van der Waals surface area contributed by atoms with Gasteiger partial charge in [0.2, 0.25) is 0 Å². The summed E-state index contributed by atoms with van der Waals surface area (Å²) in [6.07, 6.45) is -6.32. The van der Waals surface area contributed by atoms with Gasteiger partial charge in [0.25, 0.3) is 6.02 Å². The zero-order chi connectivity index (χ0) is 36.2. The molecule has 2 heterocycles. The second-order valence-corrected chi connectivity index (χ2v) is 12.4. The van der Waals surface area contributed by atoms with Crippen molar-refractivity contribution >= 4 is 17.6 Å². The molecule has 0 saturated carbocycles. The van der Waals surface area contributed by atoms with Crippen LogP contribution in [0.1, 0.15) is 46.7 Å². The molecule has 6 nitrogen and oxygen atoms in total. The number of hydrogen-bond donors (Lipinski definition) is 1. The Bertz CT molecular complexity index is 2050. The van der Waals surface area contributed by atoms with Crippen molar-refractivity contribution in [3.63, 3.8) is 0 Å². The largest absolute Gasteiger partial charge is 0.497 e. The van der Waals surface area contributed by atoms with Gasteiger partial charge in [-0.15, -0.1) is 0 Å². The van der Waals surface area contributed by atoms with Crippen LogP contribution in [0, 0.1) is 17.7 Å². The monoisotopic (exact) mass is 713 g/mol. The van der Waals surface area contributed by atoms with Gasteiger partial charge in [0.15, 0.2) is 6.10 Å². The van der Waals surface area contributed by atoms with Gasteiger partial charge in [0, 0.05) is 29.3 Å². The van der Waals surface area contributed by atoms with Crippen LogP contribution in [0.4, 0.5) is 17.6 Å². The van der Waals surface area contributed by atoms with Crippen LogP contribution in [-0.2, 0) is 15.8 Å². The van der Waals surface area contributed by atoms with E-state index in [9.17, 15) is 13.2 Å². The fraction of sp³-hybridized carbons (Fsp3) is 0.200. The van der Waals surface area contributed by atoms with Gasteiger partial charge in [-0.1, -0.05) is 78.0 Å². The molecule has 0 amide bonds. The molecule has 11 heteroatoms. The summed E-state index contributed by atoms with van der Waals surface area (Å²) in [7, 11) is 3.08. The molecule has 6 rings (SSSR count). The first kappa shape index (κ1) is 35.3. The van der Waals surface area contributed by atoms with E-state index < -0.39 is 41.6 Å². The van der Waals surface area contributed by atoms with Crippen molar-refractivity contribution in [3.8, 4) is 23.3 Å². The molecule has 1 N–H and O–H groups in total. The van der Waals surface area contributed by atoms with Crippen LogP contribution in [-0.4, -0.2) is 37.5 Å². The predicted octanol–water partition coefficient (Wildman–Crippen LogP) is 8.80. The number of rotatable bonds is 7. The van der Waals surface area contributed by atoms with E-state index in [-0.39, 0.29) is 10.7 Å². The number of nitrogens with one attached hydrogen (secondary N) is 1. The molecule has 0 aliphatic carbocycles. The van der Waals surface area contributed by atoms with Crippen molar-refractivity contribution in [2.24, 2.45) is 4.99 Å². The fourth-order valence-electron chi connectivity index (χ4n) is 6.13. The smallest absolute Gasteiger partial charge is 0.425 e. The number of nitrogens with zero attached hydrogens (tertiary/aromatic N) is 2. The molecule has 4 aromatic carbocycles. The third-order valence-electron chi connectivity index (χ3n) is 8.72. The summed E-state index contributed by atoms with van der Waals surface area (Å²) in [4.78, 5) is 8.66. The Morgan fingerprint density at radius 2 is 1.37 bits per heavy atom. The van der Waals surface area contributed by atoms with Crippen LogP contribution in [0.25, 0.3) is 0 Å². The number of amidine groups is 1. The highest BCUT2D eigenvalue weighted by molar-refractivity contribution is 6.29. The lowest BCUT2D eigenvalue weighted by atomic mass is 9.77. The highest BCUT2D eigenvalue weighted by Gasteiger charge is 2.51. The molecule has 0 bridgehead atoms. The van der Waals surface area contributed by atoms with Gasteiger partial charge in [-0.3, -0.25) is 0 Å². The molecule has 1 aromatic heterocycles. The molecular weight excluding hydrogens is 682 g/mol. The minimum absolute atomic E-state index is 0.0712. The third kappa shape index (κ3) is 7.49. The molecular formula is C40H32ClF4N3O3. The standard InChI is InChI=1S/C40H32ClF4N3O3/c1-38(33-23-26(11-20-34(33)42)9-10-27-21-22-46-36(41)24-27)25-35(40(43,44)45)51-37(47-38)48-39(28-7-5-4-6-8-28,29-12-16-31(49-2)17-13-29)30-14-18-32(50-3)19-15-30/h4-8,11-24,35H,25H2,1-3H3,(H,47,48)/t35-,38-/m0/s1. The van der Waals surface area contributed by atoms with Gasteiger partial charge in [0.05, 0.1) is 19.8 Å². The Kier molecular flexibility index (Phi) is 9.95. The topological polar surface area (TPSA) is 65.0 Å². The van der Waals surface area contributed by atoms with E-state index >= 15 is 4.39 Å². The van der Waals surface area contributed by atoms with E-state index in [4.69, 9.17) is 30.8 Å². The van der Waals surface area contributed by atoms with Crippen molar-refractivity contribution < 1.29 is 31.8 Å². The van der Waals surface area contributed by atoms with E-state index in [1.165, 1.54) is 31.3 Å². The van der Waals surface area contributed by atoms with Gasteiger partial charge in [-0.25, -0.2) is 14.4 Å². The molecule has 0 saturated heterocycles. The van der Waals surface area contributed by atoms with Crippen LogP contribution in [0.15, 0.2) is 120 Å². The Morgan fingerprint density at radius 3 is 1.92 bits per heavy atom. The molecule has 260 valence electrons. The molecule has 0 fully saturated rings. The van der Waals surface area contributed by atoms with Crippen LogP contribution in [0.5, 0.6) is 11.5 Å². The maximum atomic E-state index is 15.7. The summed E-state index contributed by atoms with van der Waals surface area (Å²) in [6, 6.07) is 30.3. The summed E-state index contributed by atoms with van der Waals surface area (Å²) in [5.41, 5.74) is -0.275. The number of aliphatic imine (C=N–C) groups is 1. The second kappa shape index (κ2) is 14.4. The van der Waals surface area contributed by atoms with Crippen molar-refractivity contribution in [3.05, 3.63) is 160 Å². The van der Waals surface area contributed by atoms with Crippen molar-refractivity contribution in [1.82, 2.24) is 10.3 Å². The zero-order valence-electron chi connectivity index (χ0n) is 27.8. The Balaban J connectivity index is 1.53. The highest BCUT2D eigenvalue weighted by atomic mass is 35.5. The molecule has 1 aliphatic heterocycles. The second-order valence-electron chi connectivity index (χ2n) is 12.1. The molecule has 0 unspecified atom stereocenters. The summed E-state index contributed by atoms with van der Waals surface area (Å²) in [6.45, 7) is 1.46. The molecule has 1 aliphatic rings. The van der Waals surface area contributed by atoms with E-state index in [1.807, 2.05) is 54.6 Å². The number of benzene rings is 4. The normalized spacial score (nSPS) is 17.3. The number of hydrogen-bond acceptors (Lipinski definition) is 6. The Hall–Kier alpha value is -5.53. The first-order valence-corrected chi connectivity index (χ1v) is 16.2. The lowest BCUT2D eigenvalue weighted by Crippen LogP contribution is -2.54. The lowest BCUT2D eigenvalue weighted by molar-refractivity contribution is -0.209. The van der Waals surface area contributed by atoms with Crippen LogP contribution < -0.4 is 14.8 Å². The van der Waals surface area contributed by atoms with E-state index in [1.54, 1.807) is 50.6 Å². The van der Waals surface area contributed by atoms with Crippen LogP contribution in [0.3, 0.4) is 0 Å². The summed E-state index contributed by atoms with van der Waals surface area (Å²) >= 11 is 5.98. The van der Waals surface area contributed by atoms with Crippen molar-refractivity contribution in [1.29, 1.82) is 0 Å². The number of ether oxygens (including phenoxy) is 3.